The largest absolute Gasteiger partial charge is 0.465 e. The Morgan fingerprint density at radius 3 is 2.85 bits per heavy atom. The van der Waals surface area contributed by atoms with E-state index < -0.39 is 11.6 Å². The third kappa shape index (κ3) is 0.814. The fourth-order valence-corrected chi connectivity index (χ4v) is 2.35. The summed E-state index contributed by atoms with van der Waals surface area (Å²) in [5.41, 5.74) is -0.744. The second kappa shape index (κ2) is 2.37. The minimum atomic E-state index is -0.987. The number of nitrogens with one attached hydrogen (secondary N) is 1. The Balaban J connectivity index is 2.30. The molecule has 2 aliphatic heterocycles. The molecule has 1 spiro atoms. The molecule has 5 nitrogen and oxygen atoms in total. The smallest absolute Gasteiger partial charge is 0.408 e. The molecule has 2 amide bonds. The fraction of sp³-hybridized carbons (Fsp3) is 0.750. The van der Waals surface area contributed by atoms with Crippen molar-refractivity contribution in [3.8, 4) is 0 Å². The first kappa shape index (κ1) is 8.34. The molecule has 2 fully saturated rings. The van der Waals surface area contributed by atoms with Crippen LogP contribution in [-0.2, 0) is 4.79 Å². The highest BCUT2D eigenvalue weighted by Gasteiger charge is 2.60. The van der Waals surface area contributed by atoms with E-state index >= 15 is 0 Å². The Bertz CT molecular complexity index is 279. The Morgan fingerprint density at radius 1 is 1.77 bits per heavy atom. The van der Waals surface area contributed by atoms with Crippen molar-refractivity contribution in [3.05, 3.63) is 0 Å². The van der Waals surface area contributed by atoms with E-state index in [4.69, 9.17) is 5.11 Å². The van der Waals surface area contributed by atoms with Crippen LogP contribution in [0.4, 0.5) is 4.79 Å². The highest BCUT2D eigenvalue weighted by Crippen LogP contribution is 2.38. The molecule has 2 atom stereocenters. The number of carbonyl (C=O) groups excluding carboxylic acids is 1. The second-order valence-electron chi connectivity index (χ2n) is 3.66. The molecule has 0 aliphatic carbocycles. The van der Waals surface area contributed by atoms with Crippen molar-refractivity contribution in [2.45, 2.75) is 31.3 Å². The average Bonchev–Trinajstić information content (AvgIpc) is 2.50. The summed E-state index contributed by atoms with van der Waals surface area (Å²) in [7, 11) is 0. The van der Waals surface area contributed by atoms with Gasteiger partial charge in [0, 0.05) is 6.54 Å². The average molecular weight is 184 g/mol. The number of carboxylic acid groups (broad SMARTS) is 1. The third-order valence-electron chi connectivity index (χ3n) is 3.11. The summed E-state index contributed by atoms with van der Waals surface area (Å²) in [5.74, 6) is -0.139. The van der Waals surface area contributed by atoms with E-state index in [0.29, 0.717) is 13.0 Å². The maximum Gasteiger partial charge on any atom is 0.408 e. The molecule has 0 aromatic heterocycles. The zero-order valence-electron chi connectivity index (χ0n) is 7.41. The molecule has 2 rings (SSSR count). The van der Waals surface area contributed by atoms with Gasteiger partial charge in [0.15, 0.2) is 0 Å². The number of likely N-dealkylation sites (tertiary alicyclic amines) is 1. The summed E-state index contributed by atoms with van der Waals surface area (Å²) >= 11 is 0. The van der Waals surface area contributed by atoms with Crippen LogP contribution in [-0.4, -0.2) is 40.1 Å². The van der Waals surface area contributed by atoms with E-state index in [-0.39, 0.29) is 11.9 Å². The van der Waals surface area contributed by atoms with E-state index in [1.807, 2.05) is 6.92 Å². The van der Waals surface area contributed by atoms with Gasteiger partial charge in [0.2, 0.25) is 5.91 Å². The van der Waals surface area contributed by atoms with Gasteiger partial charge in [-0.25, -0.2) is 4.79 Å². The predicted molar refractivity (Wildman–Crippen MR) is 44.3 cm³/mol. The SMILES string of the molecule is CC1NC(=O)C12CCCN2C(=O)O. The summed E-state index contributed by atoms with van der Waals surface area (Å²) < 4.78 is 0. The molecule has 0 bridgehead atoms. The topological polar surface area (TPSA) is 69.6 Å². The molecule has 0 saturated carbocycles. The Hall–Kier alpha value is -1.26. The van der Waals surface area contributed by atoms with Gasteiger partial charge in [0.05, 0.1) is 6.04 Å². The van der Waals surface area contributed by atoms with Crippen LogP contribution in [0.1, 0.15) is 19.8 Å². The number of amides is 2. The van der Waals surface area contributed by atoms with Crippen LogP contribution >= 0.6 is 0 Å². The molecule has 5 heteroatoms. The highest BCUT2D eigenvalue weighted by molar-refractivity contribution is 5.97. The first-order valence-electron chi connectivity index (χ1n) is 4.40. The van der Waals surface area contributed by atoms with Gasteiger partial charge in [-0.3, -0.25) is 9.69 Å². The summed E-state index contributed by atoms with van der Waals surface area (Å²) in [4.78, 5) is 23.5. The van der Waals surface area contributed by atoms with Gasteiger partial charge in [-0.15, -0.1) is 0 Å². The number of hydrogen-bond acceptors (Lipinski definition) is 2. The van der Waals surface area contributed by atoms with Crippen molar-refractivity contribution < 1.29 is 14.7 Å². The van der Waals surface area contributed by atoms with E-state index in [1.165, 1.54) is 4.90 Å². The monoisotopic (exact) mass is 184 g/mol. The summed E-state index contributed by atoms with van der Waals surface area (Å²) in [5, 5.41) is 11.6. The maximum absolute atomic E-state index is 11.4. The van der Waals surface area contributed by atoms with E-state index in [2.05, 4.69) is 5.32 Å². The molecular formula is C8H12N2O3. The molecule has 0 radical (unpaired) electrons. The van der Waals surface area contributed by atoms with Gasteiger partial charge in [0.25, 0.3) is 0 Å². The Labute approximate surface area is 75.7 Å². The fourth-order valence-electron chi connectivity index (χ4n) is 2.35. The summed E-state index contributed by atoms with van der Waals surface area (Å²) in [6.07, 6.45) is 0.454. The molecule has 2 aliphatic rings. The van der Waals surface area contributed by atoms with Crippen LogP contribution in [0.15, 0.2) is 0 Å². The lowest BCUT2D eigenvalue weighted by Crippen LogP contribution is -2.76. The first-order valence-corrected chi connectivity index (χ1v) is 4.40. The van der Waals surface area contributed by atoms with Crippen LogP contribution in [0.2, 0.25) is 0 Å². The van der Waals surface area contributed by atoms with Crippen molar-refractivity contribution in [3.63, 3.8) is 0 Å². The van der Waals surface area contributed by atoms with Crippen molar-refractivity contribution in [1.82, 2.24) is 10.2 Å². The number of carbonyl (C=O) groups is 2. The van der Waals surface area contributed by atoms with Gasteiger partial charge in [0.1, 0.15) is 5.54 Å². The van der Waals surface area contributed by atoms with Crippen molar-refractivity contribution in [2.24, 2.45) is 0 Å². The molecule has 2 saturated heterocycles. The highest BCUT2D eigenvalue weighted by atomic mass is 16.4. The number of β-lactam (4-membered cyclic amide) rings is 1. The molecule has 2 N–H and O–H groups in total. The van der Waals surface area contributed by atoms with Crippen LogP contribution < -0.4 is 5.32 Å². The van der Waals surface area contributed by atoms with Gasteiger partial charge in [-0.1, -0.05) is 0 Å². The van der Waals surface area contributed by atoms with Crippen LogP contribution in [0.5, 0.6) is 0 Å². The summed E-state index contributed by atoms with van der Waals surface area (Å²) in [6.45, 7) is 2.33. The van der Waals surface area contributed by atoms with Crippen molar-refractivity contribution in [2.75, 3.05) is 6.54 Å². The zero-order chi connectivity index (χ0) is 9.64. The Kier molecular flexibility index (Phi) is 1.52. The van der Waals surface area contributed by atoms with E-state index in [1.54, 1.807) is 0 Å². The third-order valence-corrected chi connectivity index (χ3v) is 3.11. The van der Waals surface area contributed by atoms with Crippen molar-refractivity contribution in [1.29, 1.82) is 0 Å². The van der Waals surface area contributed by atoms with E-state index in [0.717, 1.165) is 6.42 Å². The maximum atomic E-state index is 11.4. The first-order chi connectivity index (χ1) is 6.09. The molecular weight excluding hydrogens is 172 g/mol. The van der Waals surface area contributed by atoms with Gasteiger partial charge in [-0.05, 0) is 19.8 Å². The quantitative estimate of drug-likeness (QED) is 0.521. The normalized spacial score (nSPS) is 37.5. The zero-order valence-corrected chi connectivity index (χ0v) is 7.41. The summed E-state index contributed by atoms with van der Waals surface area (Å²) in [6, 6.07) is -0.0430. The lowest BCUT2D eigenvalue weighted by molar-refractivity contribution is -0.144. The molecule has 0 aromatic rings. The lowest BCUT2D eigenvalue weighted by atomic mass is 9.80. The molecule has 13 heavy (non-hydrogen) atoms. The number of rotatable bonds is 0. The van der Waals surface area contributed by atoms with Crippen molar-refractivity contribution >= 4 is 12.0 Å². The molecule has 0 aromatic carbocycles. The van der Waals surface area contributed by atoms with Gasteiger partial charge in [-0.2, -0.15) is 0 Å². The second-order valence-corrected chi connectivity index (χ2v) is 3.66. The standard InChI is InChI=1S/C8H12N2O3/c1-5-8(6(11)9-5)3-2-4-10(8)7(12)13/h5H,2-4H2,1H3,(H,9,11)(H,12,13). The van der Waals surface area contributed by atoms with Crippen LogP contribution in [0.25, 0.3) is 0 Å². The minimum absolute atomic E-state index is 0.0430. The minimum Gasteiger partial charge on any atom is -0.465 e. The number of nitrogens with zero attached hydrogens (tertiary/aromatic N) is 1. The van der Waals surface area contributed by atoms with Gasteiger partial charge < -0.3 is 10.4 Å². The molecule has 72 valence electrons. The van der Waals surface area contributed by atoms with Gasteiger partial charge >= 0.3 is 6.09 Å². The predicted octanol–water partition coefficient (Wildman–Crippen LogP) is 0.0173. The molecule has 2 heterocycles. The van der Waals surface area contributed by atoms with Crippen LogP contribution in [0.3, 0.4) is 0 Å². The van der Waals surface area contributed by atoms with E-state index in [9.17, 15) is 9.59 Å². The lowest BCUT2D eigenvalue weighted by Gasteiger charge is -2.48. The number of hydrogen-bond donors (Lipinski definition) is 2. The molecule has 2 unspecified atom stereocenters. The Morgan fingerprint density at radius 2 is 2.46 bits per heavy atom. The van der Waals surface area contributed by atoms with Crippen LogP contribution in [0, 0.1) is 0 Å².